The molecule has 0 bridgehead atoms. The fourth-order valence-electron chi connectivity index (χ4n) is 6.72. The average molecular weight is 955 g/mol. The molecule has 0 saturated carbocycles. The molecule has 10 rings (SSSR count). The first-order chi connectivity index (χ1) is 31.1. The van der Waals surface area contributed by atoms with E-state index in [2.05, 4.69) is 79.2 Å². The summed E-state index contributed by atoms with van der Waals surface area (Å²) in [6, 6.07) is 41.1. The summed E-state index contributed by atoms with van der Waals surface area (Å²) < 4.78 is 81.3. The number of benzene rings is 7. The van der Waals surface area contributed by atoms with E-state index in [1.807, 2.05) is 60.8 Å². The first kappa shape index (κ1) is 28.6. The number of nitrogens with zero attached hydrogens (tertiary/aromatic N) is 3. The Labute approximate surface area is 365 Å². The van der Waals surface area contributed by atoms with Gasteiger partial charge in [-0.2, -0.15) is 11.3 Å². The molecular weight excluding hydrogens is 907 g/mol. The van der Waals surface area contributed by atoms with E-state index >= 15 is 0 Å². The largest absolute Gasteiger partial charge is 0.333 e. The zero-order valence-electron chi connectivity index (χ0n) is 40.2. The molecular formula is C51H39IrN3SSi-2. The van der Waals surface area contributed by atoms with Crippen LogP contribution in [0.25, 0.3) is 81.8 Å². The van der Waals surface area contributed by atoms with Crippen LogP contribution < -0.4 is 5.19 Å². The van der Waals surface area contributed by atoms with Crippen LogP contribution in [0, 0.1) is 12.1 Å². The number of aromatic nitrogens is 3. The van der Waals surface area contributed by atoms with Gasteiger partial charge in [0.15, 0.2) is 0 Å². The number of hydrogen-bond acceptors (Lipinski definition) is 3. The number of hydrogen-bond donors (Lipinski definition) is 0. The van der Waals surface area contributed by atoms with E-state index in [-0.39, 0.29) is 36.9 Å². The van der Waals surface area contributed by atoms with E-state index in [1.165, 1.54) is 5.19 Å². The molecule has 0 aliphatic carbocycles. The summed E-state index contributed by atoms with van der Waals surface area (Å²) in [6.07, 6.45) is 2.02. The van der Waals surface area contributed by atoms with Crippen LogP contribution in [0.3, 0.4) is 0 Å². The summed E-state index contributed by atoms with van der Waals surface area (Å²) in [5.41, 5.74) is 5.24. The molecule has 0 aliphatic heterocycles. The number of fused-ring (bicyclic) bond motifs is 4. The van der Waals surface area contributed by atoms with E-state index in [9.17, 15) is 1.37 Å². The van der Waals surface area contributed by atoms with E-state index in [0.717, 1.165) is 42.6 Å². The van der Waals surface area contributed by atoms with Gasteiger partial charge in [-0.15, -0.1) is 54.1 Å². The first-order valence-electron chi connectivity index (χ1n) is 22.7. The number of imidazole rings is 1. The van der Waals surface area contributed by atoms with E-state index in [0.29, 0.717) is 22.4 Å². The Morgan fingerprint density at radius 2 is 1.44 bits per heavy atom. The maximum atomic E-state index is 9.18. The van der Waals surface area contributed by atoms with Crippen LogP contribution in [0.15, 0.2) is 182 Å². The Morgan fingerprint density at radius 3 is 2.21 bits per heavy atom. The minimum atomic E-state index is -1.23. The van der Waals surface area contributed by atoms with E-state index < -0.39 is 62.5 Å². The van der Waals surface area contributed by atoms with E-state index in [4.69, 9.17) is 16.0 Å². The maximum Gasteiger partial charge on any atom is 0.0795 e. The molecule has 0 aliphatic rings. The van der Waals surface area contributed by atoms with Gasteiger partial charge in [0.25, 0.3) is 0 Å². The van der Waals surface area contributed by atoms with Gasteiger partial charge in [0.05, 0.1) is 37.3 Å². The second kappa shape index (κ2) is 16.4. The second-order valence-electron chi connectivity index (χ2n) is 14.2. The summed E-state index contributed by atoms with van der Waals surface area (Å²) in [4.78, 5) is 9.50. The van der Waals surface area contributed by atoms with Crippen LogP contribution in [-0.2, 0) is 20.1 Å². The summed E-state index contributed by atoms with van der Waals surface area (Å²) in [5.74, 6) is 0.334. The molecule has 3 nitrogen and oxygen atoms in total. The zero-order valence-corrected chi connectivity index (χ0v) is 35.4. The van der Waals surface area contributed by atoms with Crippen molar-refractivity contribution in [3.05, 3.63) is 194 Å². The van der Waals surface area contributed by atoms with Gasteiger partial charge >= 0.3 is 0 Å². The fourth-order valence-corrected chi connectivity index (χ4v) is 8.99. The molecule has 57 heavy (non-hydrogen) atoms. The first-order valence-corrected chi connectivity index (χ1v) is 22.5. The minimum Gasteiger partial charge on any atom is -0.333 e. The quantitative estimate of drug-likeness (QED) is 0.123. The Morgan fingerprint density at radius 1 is 0.667 bits per heavy atom. The van der Waals surface area contributed by atoms with Crippen molar-refractivity contribution in [1.29, 1.82) is 0 Å². The van der Waals surface area contributed by atoms with Crippen LogP contribution >= 0.6 is 11.3 Å². The van der Waals surface area contributed by atoms with Crippen LogP contribution in [0.5, 0.6) is 0 Å². The topological polar surface area (TPSA) is 30.7 Å². The smallest absolute Gasteiger partial charge is 0.0795 e. The maximum absolute atomic E-state index is 9.18. The van der Waals surface area contributed by atoms with Gasteiger partial charge in [0.2, 0.25) is 0 Å². The molecule has 0 atom stereocenters. The normalized spacial score (nSPS) is 13.5. The van der Waals surface area contributed by atoms with Crippen molar-refractivity contribution >= 4 is 55.8 Å². The molecule has 279 valence electrons. The number of thiophene rings is 1. The van der Waals surface area contributed by atoms with Crippen molar-refractivity contribution in [2.45, 2.75) is 19.6 Å². The van der Waals surface area contributed by atoms with Crippen molar-refractivity contribution in [2.75, 3.05) is 0 Å². The zero-order chi connectivity index (χ0) is 45.9. The fraction of sp³-hybridized carbons (Fsp3) is 0.0588. The molecule has 3 heterocycles. The van der Waals surface area contributed by atoms with Crippen LogP contribution in [0.2, 0.25) is 19.6 Å². The van der Waals surface area contributed by atoms with Gasteiger partial charge in [-0.1, -0.05) is 146 Å². The molecule has 0 unspecified atom stereocenters. The van der Waals surface area contributed by atoms with Crippen molar-refractivity contribution < 1.29 is 32.4 Å². The number of rotatable bonds is 6. The monoisotopic (exact) mass is 955 g/mol. The molecule has 0 saturated heterocycles. The Hall–Kier alpha value is -5.75. The third kappa shape index (κ3) is 7.70. The van der Waals surface area contributed by atoms with Crippen molar-refractivity contribution in [1.82, 2.24) is 14.5 Å². The SMILES string of the molecule is C[Si](C)(C)c1ccc(-c2[c-]cccc2)nc1.[2H]c1c([2H])c([2H])c(-c2c([2H])c([2H])c([2H])c([2H])c2-n2c(-c3[c-]ccc4c3sc3cc(-c5ccccc5)ccc34)nc3ccccc32)c([2H])c1[2H].[Ir]. The molecule has 7 aromatic carbocycles. The molecule has 0 fully saturated rings. The summed E-state index contributed by atoms with van der Waals surface area (Å²) in [6.45, 7) is 7.00. The van der Waals surface area contributed by atoms with Gasteiger partial charge in [0.1, 0.15) is 0 Å². The van der Waals surface area contributed by atoms with E-state index in [1.54, 1.807) is 40.2 Å². The second-order valence-corrected chi connectivity index (χ2v) is 20.3. The van der Waals surface area contributed by atoms with Gasteiger partial charge in [-0.05, 0) is 61.9 Å². The third-order valence-corrected chi connectivity index (χ3v) is 12.8. The van der Waals surface area contributed by atoms with Crippen molar-refractivity contribution in [3.63, 3.8) is 0 Å². The predicted molar refractivity (Wildman–Crippen MR) is 241 cm³/mol. The Balaban J connectivity index is 0.000000295. The molecule has 10 aromatic rings. The third-order valence-electron chi connectivity index (χ3n) is 9.58. The molecule has 0 N–H and O–H groups in total. The minimum absolute atomic E-state index is 0. The Bertz CT molecular complexity index is 3440. The number of pyridine rings is 1. The van der Waals surface area contributed by atoms with Gasteiger partial charge in [0, 0.05) is 42.3 Å². The van der Waals surface area contributed by atoms with Crippen LogP contribution in [0.1, 0.15) is 12.3 Å². The summed E-state index contributed by atoms with van der Waals surface area (Å²) in [7, 11) is -1.23. The predicted octanol–water partition coefficient (Wildman–Crippen LogP) is 13.3. The average Bonchev–Trinajstić information content (AvgIpc) is 3.90. The summed E-state index contributed by atoms with van der Waals surface area (Å²) in [5, 5.41) is 3.40. The van der Waals surface area contributed by atoms with Crippen molar-refractivity contribution in [3.8, 4) is 50.6 Å². The molecule has 0 amide bonds. The molecule has 1 radical (unpaired) electrons. The molecule has 6 heteroatoms. The van der Waals surface area contributed by atoms with Gasteiger partial charge < -0.3 is 9.55 Å². The standard InChI is InChI=1S/C37H23N2S.C14H16NSi.Ir/c1-3-12-25(13-4-1)27-22-23-29-30-17-11-18-31(36(30)40-35(29)24-27)37-38-32-19-8-10-21-34(32)39(37)33-20-9-7-16-28(33)26-14-5-2-6-15-26;1-16(2,3)13-9-10-14(15-11-13)12-7-5-4-6-8-12;/h1-17,19-24H;4-7,9-11H,1-3H3;/q2*-1;/i2D,5D,6D,7D,9D,14D,15D,16D,20D;;. The Kier molecular flexibility index (Phi) is 8.22. The number of para-hydroxylation sites is 3. The van der Waals surface area contributed by atoms with Gasteiger partial charge in [-0.3, -0.25) is 4.98 Å². The van der Waals surface area contributed by atoms with Crippen LogP contribution in [-0.4, -0.2) is 22.6 Å². The van der Waals surface area contributed by atoms with Gasteiger partial charge in [-0.25, -0.2) is 0 Å². The van der Waals surface area contributed by atoms with Crippen LogP contribution in [0.4, 0.5) is 0 Å². The summed E-state index contributed by atoms with van der Waals surface area (Å²) >= 11 is 1.56. The molecule has 0 spiro atoms. The van der Waals surface area contributed by atoms with Crippen molar-refractivity contribution in [2.24, 2.45) is 0 Å². The molecule has 3 aromatic heterocycles.